The van der Waals surface area contributed by atoms with Crippen LogP contribution in [0.4, 0.5) is 0 Å². The van der Waals surface area contributed by atoms with E-state index in [2.05, 4.69) is 28.7 Å². The van der Waals surface area contributed by atoms with Crippen molar-refractivity contribution in [2.45, 2.75) is 90.2 Å². The molecule has 5 rings (SSSR count). The average Bonchev–Trinajstić information content (AvgIpc) is 3.19. The van der Waals surface area contributed by atoms with E-state index in [1.807, 2.05) is 0 Å². The molecule has 0 bridgehead atoms. The van der Waals surface area contributed by atoms with Gasteiger partial charge < -0.3 is 9.47 Å². The van der Waals surface area contributed by atoms with Gasteiger partial charge in [0.05, 0.1) is 24.5 Å². The summed E-state index contributed by atoms with van der Waals surface area (Å²) in [6.07, 6.45) is 14.1. The van der Waals surface area contributed by atoms with E-state index in [1.165, 1.54) is 61.8 Å². The molecule has 0 spiro atoms. The Hall–Kier alpha value is -1.46. The fourth-order valence-electron chi connectivity index (χ4n) is 6.24. The van der Waals surface area contributed by atoms with E-state index in [-0.39, 0.29) is 0 Å². The van der Waals surface area contributed by atoms with Crippen LogP contribution in [0.3, 0.4) is 0 Å². The molecule has 4 aliphatic rings. The SMILES string of the molecule is CCC(C)C[C@@H]1CCC2=C(C1)c1c(ncnc1O[C@H]1CC[C@H](N3CCOCC3)CC1)C2. The third kappa shape index (κ3) is 4.68. The predicted octanol–water partition coefficient (Wildman–Crippen LogP) is 5.04. The van der Waals surface area contributed by atoms with Crippen molar-refractivity contribution in [1.82, 2.24) is 14.9 Å². The Labute approximate surface area is 187 Å². The highest BCUT2D eigenvalue weighted by Crippen LogP contribution is 2.47. The lowest BCUT2D eigenvalue weighted by atomic mass is 9.79. The Kier molecular flexibility index (Phi) is 6.61. The molecule has 2 heterocycles. The van der Waals surface area contributed by atoms with Gasteiger partial charge in [0.15, 0.2) is 0 Å². The molecule has 0 radical (unpaired) electrons. The molecule has 0 aromatic carbocycles. The summed E-state index contributed by atoms with van der Waals surface area (Å²) in [6.45, 7) is 8.67. The molecule has 1 unspecified atom stereocenters. The van der Waals surface area contributed by atoms with Crippen molar-refractivity contribution in [3.63, 3.8) is 0 Å². The van der Waals surface area contributed by atoms with Crippen LogP contribution in [0, 0.1) is 11.8 Å². The monoisotopic (exact) mass is 425 g/mol. The van der Waals surface area contributed by atoms with Crippen molar-refractivity contribution in [3.8, 4) is 5.88 Å². The van der Waals surface area contributed by atoms with Gasteiger partial charge in [-0.1, -0.05) is 25.8 Å². The lowest BCUT2D eigenvalue weighted by Gasteiger charge is -2.38. The Morgan fingerprint density at radius 2 is 1.94 bits per heavy atom. The van der Waals surface area contributed by atoms with E-state index < -0.39 is 0 Å². The third-order valence-electron chi connectivity index (χ3n) is 8.26. The zero-order chi connectivity index (χ0) is 21.2. The maximum absolute atomic E-state index is 6.59. The quantitative estimate of drug-likeness (QED) is 0.639. The second kappa shape index (κ2) is 9.58. The number of nitrogens with zero attached hydrogens (tertiary/aromatic N) is 3. The molecule has 31 heavy (non-hydrogen) atoms. The van der Waals surface area contributed by atoms with Crippen LogP contribution in [-0.2, 0) is 11.2 Å². The first-order valence-electron chi connectivity index (χ1n) is 12.7. The minimum atomic E-state index is 0.292. The van der Waals surface area contributed by atoms with Gasteiger partial charge in [-0.3, -0.25) is 4.90 Å². The number of aromatic nitrogens is 2. The summed E-state index contributed by atoms with van der Waals surface area (Å²) in [4.78, 5) is 11.9. The summed E-state index contributed by atoms with van der Waals surface area (Å²) in [5.41, 5.74) is 5.62. The number of allylic oxidation sites excluding steroid dienone is 2. The van der Waals surface area contributed by atoms with Crippen molar-refractivity contribution >= 4 is 5.57 Å². The number of morpholine rings is 1. The fraction of sp³-hybridized carbons (Fsp3) is 0.769. The molecule has 5 heteroatoms. The molecular formula is C26H39N3O2. The standard InChI is InChI=1S/C26H39N3O2/c1-3-18(2)14-19-4-5-20-16-24-25(23(20)15-19)26(28-17-27-24)31-22-8-6-21(7-9-22)29-10-12-30-13-11-29/h17-19,21-22H,3-16H2,1-2H3/t18?,19-,21-,22-/m0/s1. The van der Waals surface area contributed by atoms with Crippen molar-refractivity contribution in [2.24, 2.45) is 11.8 Å². The first-order valence-corrected chi connectivity index (χ1v) is 12.7. The van der Waals surface area contributed by atoms with Crippen LogP contribution >= 0.6 is 0 Å². The summed E-state index contributed by atoms with van der Waals surface area (Å²) < 4.78 is 12.1. The molecule has 3 aliphatic carbocycles. The second-order valence-electron chi connectivity index (χ2n) is 10.3. The number of hydrogen-bond acceptors (Lipinski definition) is 5. The van der Waals surface area contributed by atoms with Crippen molar-refractivity contribution in [1.29, 1.82) is 0 Å². The van der Waals surface area contributed by atoms with Gasteiger partial charge in [0.1, 0.15) is 12.4 Å². The van der Waals surface area contributed by atoms with Gasteiger partial charge in [0, 0.05) is 25.6 Å². The molecule has 1 aliphatic heterocycles. The van der Waals surface area contributed by atoms with E-state index >= 15 is 0 Å². The smallest absolute Gasteiger partial charge is 0.224 e. The summed E-state index contributed by atoms with van der Waals surface area (Å²) in [7, 11) is 0. The molecule has 2 fully saturated rings. The van der Waals surface area contributed by atoms with Crippen LogP contribution < -0.4 is 4.74 Å². The van der Waals surface area contributed by atoms with Crippen LogP contribution in [-0.4, -0.2) is 53.3 Å². The Bertz CT molecular complexity index is 794. The number of hydrogen-bond donors (Lipinski definition) is 0. The maximum atomic E-state index is 6.59. The predicted molar refractivity (Wildman–Crippen MR) is 123 cm³/mol. The van der Waals surface area contributed by atoms with E-state index in [9.17, 15) is 0 Å². The molecule has 0 amide bonds. The fourth-order valence-corrected chi connectivity index (χ4v) is 6.24. The van der Waals surface area contributed by atoms with E-state index in [4.69, 9.17) is 9.47 Å². The molecule has 2 atom stereocenters. The highest BCUT2D eigenvalue weighted by molar-refractivity contribution is 5.79. The van der Waals surface area contributed by atoms with Crippen LogP contribution in [0.5, 0.6) is 5.88 Å². The van der Waals surface area contributed by atoms with Crippen LogP contribution in [0.1, 0.15) is 82.9 Å². The van der Waals surface area contributed by atoms with Gasteiger partial charge in [-0.05, 0) is 68.8 Å². The Balaban J connectivity index is 1.24. The van der Waals surface area contributed by atoms with Gasteiger partial charge in [-0.15, -0.1) is 0 Å². The minimum Gasteiger partial charge on any atom is -0.474 e. The zero-order valence-electron chi connectivity index (χ0n) is 19.4. The Morgan fingerprint density at radius 1 is 1.13 bits per heavy atom. The molecule has 170 valence electrons. The van der Waals surface area contributed by atoms with Gasteiger partial charge in [0.25, 0.3) is 0 Å². The molecule has 1 saturated heterocycles. The van der Waals surface area contributed by atoms with Gasteiger partial charge in [-0.25, -0.2) is 9.97 Å². The lowest BCUT2D eigenvalue weighted by Crippen LogP contribution is -2.46. The van der Waals surface area contributed by atoms with Crippen molar-refractivity contribution in [3.05, 3.63) is 23.2 Å². The van der Waals surface area contributed by atoms with Crippen molar-refractivity contribution in [2.75, 3.05) is 26.3 Å². The van der Waals surface area contributed by atoms with Crippen LogP contribution in [0.15, 0.2) is 11.9 Å². The number of rotatable bonds is 6. The number of fused-ring (bicyclic) bond motifs is 2. The van der Waals surface area contributed by atoms with E-state index in [0.29, 0.717) is 12.1 Å². The summed E-state index contributed by atoms with van der Waals surface area (Å²) in [6, 6.07) is 0.703. The lowest BCUT2D eigenvalue weighted by molar-refractivity contribution is -0.00143. The topological polar surface area (TPSA) is 47.5 Å². The summed E-state index contributed by atoms with van der Waals surface area (Å²) in [5.74, 6) is 2.49. The average molecular weight is 426 g/mol. The molecule has 5 nitrogen and oxygen atoms in total. The normalized spacial score (nSPS) is 30.1. The molecule has 1 aromatic heterocycles. The largest absolute Gasteiger partial charge is 0.474 e. The molecule has 1 aromatic rings. The summed E-state index contributed by atoms with van der Waals surface area (Å²) in [5, 5.41) is 0. The third-order valence-corrected chi connectivity index (χ3v) is 8.26. The molecule has 0 N–H and O–H groups in total. The highest BCUT2D eigenvalue weighted by atomic mass is 16.5. The first kappa shape index (κ1) is 21.4. The molecule has 1 saturated carbocycles. The second-order valence-corrected chi connectivity index (χ2v) is 10.3. The van der Waals surface area contributed by atoms with Gasteiger partial charge in [0.2, 0.25) is 5.88 Å². The van der Waals surface area contributed by atoms with Crippen LogP contribution in [0.2, 0.25) is 0 Å². The first-order chi connectivity index (χ1) is 15.2. The van der Waals surface area contributed by atoms with Gasteiger partial charge in [-0.2, -0.15) is 0 Å². The number of ether oxygens (including phenoxy) is 2. The van der Waals surface area contributed by atoms with E-state index in [1.54, 1.807) is 11.9 Å². The summed E-state index contributed by atoms with van der Waals surface area (Å²) >= 11 is 0. The van der Waals surface area contributed by atoms with Crippen LogP contribution in [0.25, 0.3) is 5.57 Å². The zero-order valence-corrected chi connectivity index (χ0v) is 19.4. The van der Waals surface area contributed by atoms with E-state index in [0.717, 1.165) is 63.3 Å². The van der Waals surface area contributed by atoms with Crippen molar-refractivity contribution < 1.29 is 9.47 Å². The Morgan fingerprint density at radius 3 is 2.71 bits per heavy atom. The molecular weight excluding hydrogens is 386 g/mol. The minimum absolute atomic E-state index is 0.292. The highest BCUT2D eigenvalue weighted by Gasteiger charge is 2.34. The van der Waals surface area contributed by atoms with Gasteiger partial charge >= 0.3 is 0 Å². The maximum Gasteiger partial charge on any atom is 0.224 e.